The number of piperazine rings is 1. The number of nitrogens with zero attached hydrogens (tertiary/aromatic N) is 1. The molecule has 4 rings (SSSR count). The summed E-state index contributed by atoms with van der Waals surface area (Å²) in [6.45, 7) is 5.59. The van der Waals surface area contributed by atoms with Crippen LogP contribution in [0.1, 0.15) is 31.2 Å². The number of benzene rings is 2. The van der Waals surface area contributed by atoms with E-state index in [2.05, 4.69) is 52.7 Å². The monoisotopic (exact) mass is 364 g/mol. The standard InChI is InChI=1S/C23H29N3O/c27-23(20-8-4-5-9-20)24-21-10-12-22(13-11-21)26-16-14-25(15-17-26)18-19-6-2-1-3-7-19/h1-3,6-7,10-13,20H,4-5,8-9,14-18H2,(H,24,27)/p+1. The van der Waals surface area contributed by atoms with Crippen LogP contribution in [0.5, 0.6) is 0 Å². The number of carbonyl (C=O) groups is 1. The third-order valence-corrected chi connectivity index (χ3v) is 5.99. The molecule has 1 saturated carbocycles. The van der Waals surface area contributed by atoms with Gasteiger partial charge in [0.2, 0.25) is 5.91 Å². The van der Waals surface area contributed by atoms with Crippen LogP contribution in [0.25, 0.3) is 0 Å². The molecular weight excluding hydrogens is 334 g/mol. The van der Waals surface area contributed by atoms with Crippen LogP contribution in [0.2, 0.25) is 0 Å². The number of nitrogens with one attached hydrogen (secondary N) is 2. The van der Waals surface area contributed by atoms with Crippen molar-refractivity contribution < 1.29 is 9.69 Å². The van der Waals surface area contributed by atoms with Crippen molar-refractivity contribution in [3.63, 3.8) is 0 Å². The highest BCUT2D eigenvalue weighted by atomic mass is 16.1. The maximum Gasteiger partial charge on any atom is 0.227 e. The van der Waals surface area contributed by atoms with E-state index in [1.54, 1.807) is 4.90 Å². The van der Waals surface area contributed by atoms with Gasteiger partial charge in [-0.1, -0.05) is 43.2 Å². The Bertz CT molecular complexity index is 730. The average molecular weight is 365 g/mol. The highest BCUT2D eigenvalue weighted by molar-refractivity contribution is 5.92. The number of quaternary nitrogens is 1. The van der Waals surface area contributed by atoms with E-state index < -0.39 is 0 Å². The Kier molecular flexibility index (Phi) is 5.73. The smallest absolute Gasteiger partial charge is 0.227 e. The fourth-order valence-corrected chi connectivity index (χ4v) is 4.33. The molecule has 27 heavy (non-hydrogen) atoms. The maximum atomic E-state index is 12.3. The summed E-state index contributed by atoms with van der Waals surface area (Å²) in [5.74, 6) is 0.406. The molecular formula is C23H30N3O+. The zero-order chi connectivity index (χ0) is 18.5. The Morgan fingerprint density at radius 3 is 2.30 bits per heavy atom. The van der Waals surface area contributed by atoms with Crippen molar-refractivity contribution in [2.24, 2.45) is 5.92 Å². The Labute approximate surface area is 162 Å². The van der Waals surface area contributed by atoms with Crippen LogP contribution in [-0.4, -0.2) is 32.1 Å². The van der Waals surface area contributed by atoms with Crippen molar-refractivity contribution in [3.8, 4) is 0 Å². The summed E-state index contributed by atoms with van der Waals surface area (Å²) in [7, 11) is 0. The lowest BCUT2D eigenvalue weighted by Crippen LogP contribution is -3.13. The summed E-state index contributed by atoms with van der Waals surface area (Å²) in [5.41, 5.74) is 3.60. The molecule has 0 radical (unpaired) electrons. The van der Waals surface area contributed by atoms with Gasteiger partial charge in [-0.3, -0.25) is 4.79 Å². The van der Waals surface area contributed by atoms with Crippen LogP contribution in [0.15, 0.2) is 54.6 Å². The first kappa shape index (κ1) is 18.1. The Balaban J connectivity index is 1.27. The zero-order valence-corrected chi connectivity index (χ0v) is 16.0. The molecule has 2 aromatic carbocycles. The normalized spacial score (nSPS) is 18.6. The van der Waals surface area contributed by atoms with E-state index in [0.717, 1.165) is 51.3 Å². The lowest BCUT2D eigenvalue weighted by Gasteiger charge is -2.33. The molecule has 0 aromatic heterocycles. The van der Waals surface area contributed by atoms with E-state index in [1.807, 2.05) is 12.1 Å². The Morgan fingerprint density at radius 2 is 1.63 bits per heavy atom. The van der Waals surface area contributed by atoms with Crippen molar-refractivity contribution in [1.82, 2.24) is 0 Å². The van der Waals surface area contributed by atoms with Gasteiger partial charge in [-0.05, 0) is 37.1 Å². The third kappa shape index (κ3) is 4.69. The molecule has 4 nitrogen and oxygen atoms in total. The number of rotatable bonds is 5. The van der Waals surface area contributed by atoms with Gasteiger partial charge in [-0.15, -0.1) is 0 Å². The minimum absolute atomic E-state index is 0.193. The van der Waals surface area contributed by atoms with E-state index >= 15 is 0 Å². The molecule has 2 aliphatic rings. The minimum atomic E-state index is 0.193. The largest absolute Gasteiger partial charge is 0.360 e. The van der Waals surface area contributed by atoms with Gasteiger partial charge < -0.3 is 15.1 Å². The first-order valence-electron chi connectivity index (χ1n) is 10.3. The van der Waals surface area contributed by atoms with Gasteiger partial charge in [0, 0.05) is 22.9 Å². The molecule has 1 amide bonds. The van der Waals surface area contributed by atoms with Crippen molar-refractivity contribution in [1.29, 1.82) is 0 Å². The molecule has 1 heterocycles. The Hall–Kier alpha value is -2.33. The highest BCUT2D eigenvalue weighted by Gasteiger charge is 2.23. The van der Waals surface area contributed by atoms with Gasteiger partial charge in [-0.2, -0.15) is 0 Å². The van der Waals surface area contributed by atoms with Crippen molar-refractivity contribution in [3.05, 3.63) is 60.2 Å². The van der Waals surface area contributed by atoms with Crippen LogP contribution in [-0.2, 0) is 11.3 Å². The molecule has 142 valence electrons. The molecule has 0 atom stereocenters. The van der Waals surface area contributed by atoms with Gasteiger partial charge in [0.25, 0.3) is 0 Å². The molecule has 1 aliphatic heterocycles. The summed E-state index contributed by atoms with van der Waals surface area (Å²) in [6, 6.07) is 19.2. The van der Waals surface area contributed by atoms with E-state index in [-0.39, 0.29) is 11.8 Å². The molecule has 0 spiro atoms. The van der Waals surface area contributed by atoms with Gasteiger partial charge >= 0.3 is 0 Å². The van der Waals surface area contributed by atoms with E-state index in [9.17, 15) is 4.79 Å². The molecule has 4 heteroatoms. The first-order valence-corrected chi connectivity index (χ1v) is 10.3. The number of carbonyl (C=O) groups excluding carboxylic acids is 1. The number of anilines is 2. The second-order valence-electron chi connectivity index (χ2n) is 7.92. The molecule has 0 unspecified atom stereocenters. The third-order valence-electron chi connectivity index (χ3n) is 5.99. The fourth-order valence-electron chi connectivity index (χ4n) is 4.33. The van der Waals surface area contributed by atoms with E-state index in [0.29, 0.717) is 0 Å². The lowest BCUT2D eigenvalue weighted by atomic mass is 10.1. The molecule has 0 bridgehead atoms. The van der Waals surface area contributed by atoms with Crippen LogP contribution in [0.3, 0.4) is 0 Å². The minimum Gasteiger partial charge on any atom is -0.360 e. The predicted molar refractivity (Wildman–Crippen MR) is 110 cm³/mol. The van der Waals surface area contributed by atoms with Crippen LogP contribution >= 0.6 is 0 Å². The van der Waals surface area contributed by atoms with Crippen molar-refractivity contribution >= 4 is 17.3 Å². The van der Waals surface area contributed by atoms with E-state index in [4.69, 9.17) is 0 Å². The zero-order valence-electron chi connectivity index (χ0n) is 16.0. The lowest BCUT2D eigenvalue weighted by molar-refractivity contribution is -0.914. The van der Waals surface area contributed by atoms with E-state index in [1.165, 1.54) is 24.1 Å². The van der Waals surface area contributed by atoms with Crippen molar-refractivity contribution in [2.75, 3.05) is 36.4 Å². The van der Waals surface area contributed by atoms with Gasteiger partial charge in [-0.25, -0.2) is 0 Å². The number of hydrogen-bond acceptors (Lipinski definition) is 2. The molecule has 1 saturated heterocycles. The fraction of sp³-hybridized carbons (Fsp3) is 0.435. The summed E-state index contributed by atoms with van der Waals surface area (Å²) in [4.78, 5) is 16.4. The maximum absolute atomic E-state index is 12.3. The van der Waals surface area contributed by atoms with Gasteiger partial charge in [0.15, 0.2) is 0 Å². The first-order chi connectivity index (χ1) is 13.3. The molecule has 2 fully saturated rings. The predicted octanol–water partition coefficient (Wildman–Crippen LogP) is 2.72. The van der Waals surface area contributed by atoms with Crippen LogP contribution in [0.4, 0.5) is 11.4 Å². The SMILES string of the molecule is O=C(Nc1ccc(N2CC[NH+](Cc3ccccc3)CC2)cc1)C1CCCC1. The molecule has 1 aliphatic carbocycles. The van der Waals surface area contributed by atoms with Gasteiger partial charge in [0.05, 0.1) is 26.2 Å². The molecule has 2 aromatic rings. The second kappa shape index (κ2) is 8.57. The highest BCUT2D eigenvalue weighted by Crippen LogP contribution is 2.26. The summed E-state index contributed by atoms with van der Waals surface area (Å²) in [6.07, 6.45) is 4.46. The van der Waals surface area contributed by atoms with Gasteiger partial charge in [0.1, 0.15) is 6.54 Å². The number of amides is 1. The summed E-state index contributed by atoms with van der Waals surface area (Å²) in [5, 5.41) is 3.09. The summed E-state index contributed by atoms with van der Waals surface area (Å²) < 4.78 is 0. The molecule has 2 N–H and O–H groups in total. The van der Waals surface area contributed by atoms with Crippen molar-refractivity contribution in [2.45, 2.75) is 32.2 Å². The average Bonchev–Trinajstić information content (AvgIpc) is 3.25. The topological polar surface area (TPSA) is 36.8 Å². The quantitative estimate of drug-likeness (QED) is 0.856. The summed E-state index contributed by atoms with van der Waals surface area (Å²) >= 11 is 0. The Morgan fingerprint density at radius 1 is 0.963 bits per heavy atom. The van der Waals surface area contributed by atoms with Crippen LogP contribution < -0.4 is 15.1 Å². The number of hydrogen-bond donors (Lipinski definition) is 2. The second-order valence-corrected chi connectivity index (χ2v) is 7.92. The van der Waals surface area contributed by atoms with Crippen LogP contribution in [0, 0.1) is 5.92 Å².